The number of aromatic hydroxyl groups is 1. The Morgan fingerprint density at radius 3 is 2.10 bits per heavy atom. The number of rotatable bonds is 5. The summed E-state index contributed by atoms with van der Waals surface area (Å²) >= 11 is 0. The standard InChI is InChI=1S/C24H21NO5S/c1-15-7-11-17(12-8-15)22(25-31(28,29)18-13-9-16(2)10-14-18)21-23(26)19-5-3-4-6-20(19)30-24(21)27/h3-14,22,25-26H,1-2H3/t22-/m0/s1. The maximum Gasteiger partial charge on any atom is 0.345 e. The monoisotopic (exact) mass is 435 g/mol. The Kier molecular flexibility index (Phi) is 5.39. The maximum absolute atomic E-state index is 13.1. The largest absolute Gasteiger partial charge is 0.507 e. The Balaban J connectivity index is 1.90. The van der Waals surface area contributed by atoms with Gasteiger partial charge in [0, 0.05) is 0 Å². The summed E-state index contributed by atoms with van der Waals surface area (Å²) in [6, 6.07) is 18.8. The molecule has 4 aromatic rings. The SMILES string of the molecule is Cc1ccc([C@H](NS(=O)(=O)c2ccc(C)cc2)c2c(O)c3ccccc3oc2=O)cc1. The van der Waals surface area contributed by atoms with E-state index >= 15 is 0 Å². The summed E-state index contributed by atoms with van der Waals surface area (Å²) in [6.07, 6.45) is 0. The van der Waals surface area contributed by atoms with Crippen LogP contribution in [0, 0.1) is 13.8 Å². The smallest absolute Gasteiger partial charge is 0.345 e. The first kappa shape index (κ1) is 20.8. The van der Waals surface area contributed by atoms with Crippen LogP contribution in [0.2, 0.25) is 0 Å². The Morgan fingerprint density at radius 2 is 1.45 bits per heavy atom. The van der Waals surface area contributed by atoms with Gasteiger partial charge in [-0.15, -0.1) is 0 Å². The second-order valence-electron chi connectivity index (χ2n) is 7.43. The highest BCUT2D eigenvalue weighted by molar-refractivity contribution is 7.89. The van der Waals surface area contributed by atoms with E-state index < -0.39 is 21.7 Å². The molecule has 0 spiro atoms. The first-order valence-corrected chi connectivity index (χ1v) is 11.1. The summed E-state index contributed by atoms with van der Waals surface area (Å²) < 4.78 is 34.2. The molecule has 1 heterocycles. The predicted molar refractivity (Wildman–Crippen MR) is 119 cm³/mol. The third kappa shape index (κ3) is 4.10. The van der Waals surface area contributed by atoms with Crippen LogP contribution in [0.1, 0.15) is 28.3 Å². The summed E-state index contributed by atoms with van der Waals surface area (Å²) in [5.74, 6) is -0.316. The molecule has 1 aromatic heterocycles. The van der Waals surface area contributed by atoms with Gasteiger partial charge in [0.25, 0.3) is 0 Å². The Bertz CT molecular complexity index is 1410. The lowest BCUT2D eigenvalue weighted by Crippen LogP contribution is -2.32. The van der Waals surface area contributed by atoms with Gasteiger partial charge in [-0.05, 0) is 43.7 Å². The molecule has 1 atom stereocenters. The molecule has 0 saturated heterocycles. The van der Waals surface area contributed by atoms with Gasteiger partial charge < -0.3 is 9.52 Å². The molecule has 0 fully saturated rings. The second kappa shape index (κ2) is 8.02. The summed E-state index contributed by atoms with van der Waals surface area (Å²) in [6.45, 7) is 3.76. The van der Waals surface area contributed by atoms with Crippen LogP contribution >= 0.6 is 0 Å². The quantitative estimate of drug-likeness (QED) is 0.459. The van der Waals surface area contributed by atoms with E-state index in [4.69, 9.17) is 4.42 Å². The molecule has 4 rings (SSSR count). The van der Waals surface area contributed by atoms with Crippen molar-refractivity contribution in [1.29, 1.82) is 0 Å². The highest BCUT2D eigenvalue weighted by atomic mass is 32.2. The molecule has 2 N–H and O–H groups in total. The molecule has 158 valence electrons. The van der Waals surface area contributed by atoms with E-state index in [2.05, 4.69) is 4.72 Å². The van der Waals surface area contributed by atoms with Crippen molar-refractivity contribution in [3.63, 3.8) is 0 Å². The lowest BCUT2D eigenvalue weighted by atomic mass is 9.98. The number of aryl methyl sites for hydroxylation is 2. The number of sulfonamides is 1. The van der Waals surface area contributed by atoms with Gasteiger partial charge in [0.2, 0.25) is 10.0 Å². The fourth-order valence-electron chi connectivity index (χ4n) is 3.40. The van der Waals surface area contributed by atoms with E-state index in [1.165, 1.54) is 12.1 Å². The van der Waals surface area contributed by atoms with Gasteiger partial charge in [0.15, 0.2) is 0 Å². The highest BCUT2D eigenvalue weighted by Crippen LogP contribution is 2.34. The van der Waals surface area contributed by atoms with Crippen LogP contribution in [0.15, 0.2) is 86.9 Å². The van der Waals surface area contributed by atoms with Gasteiger partial charge in [0.05, 0.1) is 16.3 Å². The fraction of sp³-hybridized carbons (Fsp3) is 0.125. The summed E-state index contributed by atoms with van der Waals surface area (Å²) in [5.41, 5.74) is 1.63. The van der Waals surface area contributed by atoms with Crippen molar-refractivity contribution >= 4 is 21.0 Å². The minimum Gasteiger partial charge on any atom is -0.507 e. The molecule has 0 amide bonds. The molecule has 6 nitrogen and oxygen atoms in total. The van der Waals surface area contributed by atoms with Crippen molar-refractivity contribution in [3.8, 4) is 5.75 Å². The number of benzene rings is 3. The van der Waals surface area contributed by atoms with Crippen LogP contribution in [-0.2, 0) is 10.0 Å². The number of para-hydroxylation sites is 1. The average Bonchev–Trinajstić information content (AvgIpc) is 2.74. The third-order valence-corrected chi connectivity index (χ3v) is 6.56. The fourth-order valence-corrected chi connectivity index (χ4v) is 4.59. The molecule has 0 radical (unpaired) electrons. The minimum atomic E-state index is -4.01. The zero-order valence-corrected chi connectivity index (χ0v) is 17.8. The first-order chi connectivity index (χ1) is 14.8. The lowest BCUT2D eigenvalue weighted by molar-refractivity contribution is 0.448. The van der Waals surface area contributed by atoms with Crippen LogP contribution < -0.4 is 10.3 Å². The van der Waals surface area contributed by atoms with E-state index in [-0.39, 0.29) is 21.8 Å². The van der Waals surface area contributed by atoms with Crippen molar-refractivity contribution in [1.82, 2.24) is 4.72 Å². The van der Waals surface area contributed by atoms with E-state index in [0.717, 1.165) is 11.1 Å². The Hall–Kier alpha value is -3.42. The Labute approximate surface area is 179 Å². The number of hydrogen-bond donors (Lipinski definition) is 2. The lowest BCUT2D eigenvalue weighted by Gasteiger charge is -2.20. The van der Waals surface area contributed by atoms with Gasteiger partial charge in [0.1, 0.15) is 16.9 Å². The third-order valence-electron chi connectivity index (χ3n) is 5.12. The normalized spacial score (nSPS) is 12.7. The molecule has 7 heteroatoms. The van der Waals surface area contributed by atoms with Gasteiger partial charge in [-0.25, -0.2) is 13.2 Å². The summed E-state index contributed by atoms with van der Waals surface area (Å²) in [4.78, 5) is 12.9. The molecule has 0 aliphatic carbocycles. The molecule has 0 aliphatic heterocycles. The summed E-state index contributed by atoms with van der Waals surface area (Å²) in [7, 11) is -4.01. The van der Waals surface area contributed by atoms with Crippen LogP contribution in [0.25, 0.3) is 11.0 Å². The highest BCUT2D eigenvalue weighted by Gasteiger charge is 2.29. The summed E-state index contributed by atoms with van der Waals surface area (Å²) in [5, 5.41) is 11.2. The van der Waals surface area contributed by atoms with Gasteiger partial charge in [-0.3, -0.25) is 0 Å². The molecule has 3 aromatic carbocycles. The molecule has 0 bridgehead atoms. The van der Waals surface area contributed by atoms with Crippen LogP contribution in [-0.4, -0.2) is 13.5 Å². The van der Waals surface area contributed by atoms with Crippen molar-refractivity contribution in [2.45, 2.75) is 24.8 Å². The van der Waals surface area contributed by atoms with Crippen molar-refractivity contribution in [3.05, 3.63) is 105 Å². The van der Waals surface area contributed by atoms with Crippen molar-refractivity contribution in [2.75, 3.05) is 0 Å². The van der Waals surface area contributed by atoms with Crippen LogP contribution in [0.4, 0.5) is 0 Å². The molecular formula is C24H21NO5S. The van der Waals surface area contributed by atoms with Crippen LogP contribution in [0.5, 0.6) is 5.75 Å². The number of nitrogens with one attached hydrogen (secondary N) is 1. The number of hydrogen-bond acceptors (Lipinski definition) is 5. The molecule has 31 heavy (non-hydrogen) atoms. The van der Waals surface area contributed by atoms with Crippen molar-refractivity contribution < 1.29 is 17.9 Å². The van der Waals surface area contributed by atoms with Gasteiger partial charge >= 0.3 is 5.63 Å². The second-order valence-corrected chi connectivity index (χ2v) is 9.14. The topological polar surface area (TPSA) is 96.6 Å². The maximum atomic E-state index is 13.1. The van der Waals surface area contributed by atoms with E-state index in [0.29, 0.717) is 10.9 Å². The van der Waals surface area contributed by atoms with E-state index in [1.54, 1.807) is 48.5 Å². The van der Waals surface area contributed by atoms with Crippen molar-refractivity contribution in [2.24, 2.45) is 0 Å². The predicted octanol–water partition coefficient (Wildman–Crippen LogP) is 4.18. The zero-order valence-electron chi connectivity index (χ0n) is 17.0. The first-order valence-electron chi connectivity index (χ1n) is 9.66. The van der Waals surface area contributed by atoms with Gasteiger partial charge in [-0.1, -0.05) is 59.7 Å². The molecule has 0 aliphatic rings. The molecule has 0 unspecified atom stereocenters. The Morgan fingerprint density at radius 1 is 0.871 bits per heavy atom. The number of fused-ring (bicyclic) bond motifs is 1. The van der Waals surface area contributed by atoms with Gasteiger partial charge in [-0.2, -0.15) is 4.72 Å². The molecular weight excluding hydrogens is 414 g/mol. The van der Waals surface area contributed by atoms with E-state index in [1.807, 2.05) is 26.0 Å². The van der Waals surface area contributed by atoms with E-state index in [9.17, 15) is 18.3 Å². The average molecular weight is 436 g/mol. The minimum absolute atomic E-state index is 0.0554. The van der Waals surface area contributed by atoms with Crippen LogP contribution in [0.3, 0.4) is 0 Å². The zero-order chi connectivity index (χ0) is 22.2. The molecule has 0 saturated carbocycles.